The van der Waals surface area contributed by atoms with Crippen LogP contribution >= 0.6 is 0 Å². The Bertz CT molecular complexity index is 896. The molecule has 3 heterocycles. The van der Waals surface area contributed by atoms with E-state index < -0.39 is 0 Å². The molecule has 28 heavy (non-hydrogen) atoms. The second-order valence-corrected chi connectivity index (χ2v) is 8.74. The van der Waals surface area contributed by atoms with Crippen LogP contribution in [0.4, 0.5) is 0 Å². The number of rotatable bonds is 5. The van der Waals surface area contributed by atoms with Gasteiger partial charge in [-0.3, -0.25) is 9.69 Å². The monoisotopic (exact) mass is 379 g/mol. The zero-order chi connectivity index (χ0) is 18.9. The highest BCUT2D eigenvalue weighted by Crippen LogP contribution is 2.37. The molecule has 5 rings (SSSR count). The molecule has 0 aromatic carbocycles. The molecule has 2 aromatic heterocycles. The first kappa shape index (κ1) is 18.0. The van der Waals surface area contributed by atoms with Gasteiger partial charge in [0.2, 0.25) is 0 Å². The van der Waals surface area contributed by atoms with E-state index in [0.29, 0.717) is 11.8 Å². The third-order valence-corrected chi connectivity index (χ3v) is 6.47. The van der Waals surface area contributed by atoms with E-state index in [2.05, 4.69) is 16.0 Å². The summed E-state index contributed by atoms with van der Waals surface area (Å²) in [5.41, 5.74) is 3.55. The number of aromatic nitrogens is 4. The predicted molar refractivity (Wildman–Crippen MR) is 107 cm³/mol. The minimum absolute atomic E-state index is 0.0803. The number of hydrogen-bond acceptors (Lipinski definition) is 5. The quantitative estimate of drug-likeness (QED) is 0.799. The van der Waals surface area contributed by atoms with Crippen molar-refractivity contribution < 1.29 is 0 Å². The molecule has 2 fully saturated rings. The molecule has 6 heteroatoms. The molecular formula is C22H29N5O. The fourth-order valence-electron chi connectivity index (χ4n) is 4.57. The smallest absolute Gasteiger partial charge is 0.267 e. The molecule has 0 amide bonds. The Balaban J connectivity index is 1.17. The molecule has 2 aromatic rings. The molecule has 2 aliphatic carbocycles. The van der Waals surface area contributed by atoms with E-state index in [1.54, 1.807) is 4.68 Å². The largest absolute Gasteiger partial charge is 0.297 e. The molecule has 0 bridgehead atoms. The van der Waals surface area contributed by atoms with Gasteiger partial charge in [-0.15, -0.1) is 0 Å². The van der Waals surface area contributed by atoms with E-state index in [1.165, 1.54) is 31.2 Å². The Hall–Kier alpha value is -2.08. The van der Waals surface area contributed by atoms with Crippen LogP contribution in [-0.4, -0.2) is 37.7 Å². The normalized spacial score (nSPS) is 20.9. The summed E-state index contributed by atoms with van der Waals surface area (Å²) in [6.07, 6.45) is 11.1. The molecule has 3 aliphatic rings. The van der Waals surface area contributed by atoms with Crippen LogP contribution < -0.4 is 5.56 Å². The Morgan fingerprint density at radius 3 is 2.71 bits per heavy atom. The van der Waals surface area contributed by atoms with Crippen molar-refractivity contribution in [2.75, 3.05) is 13.1 Å². The lowest BCUT2D eigenvalue weighted by atomic mass is 9.95. The molecule has 1 saturated carbocycles. The van der Waals surface area contributed by atoms with Gasteiger partial charge in [0, 0.05) is 31.3 Å². The number of hydrogen-bond donors (Lipinski definition) is 0. The number of fused-ring (bicyclic) bond motifs is 1. The second kappa shape index (κ2) is 7.74. The second-order valence-electron chi connectivity index (χ2n) is 8.74. The van der Waals surface area contributed by atoms with Crippen molar-refractivity contribution in [3.8, 4) is 0 Å². The van der Waals surface area contributed by atoms with Gasteiger partial charge in [0.1, 0.15) is 5.82 Å². The molecular weight excluding hydrogens is 350 g/mol. The zero-order valence-corrected chi connectivity index (χ0v) is 16.5. The van der Waals surface area contributed by atoms with Crippen LogP contribution in [0, 0.1) is 5.92 Å². The summed E-state index contributed by atoms with van der Waals surface area (Å²) in [7, 11) is 0. The van der Waals surface area contributed by atoms with Crippen LogP contribution in [0.3, 0.4) is 0 Å². The van der Waals surface area contributed by atoms with E-state index in [1.807, 2.05) is 12.3 Å². The van der Waals surface area contributed by atoms with Crippen LogP contribution in [0.5, 0.6) is 0 Å². The Kier molecular flexibility index (Phi) is 4.97. The molecule has 6 nitrogen and oxygen atoms in total. The van der Waals surface area contributed by atoms with Crippen LogP contribution in [0.25, 0.3) is 0 Å². The topological polar surface area (TPSA) is 63.9 Å². The van der Waals surface area contributed by atoms with Gasteiger partial charge in [-0.1, -0.05) is 0 Å². The van der Waals surface area contributed by atoms with Crippen LogP contribution in [0.2, 0.25) is 0 Å². The summed E-state index contributed by atoms with van der Waals surface area (Å²) in [6.45, 7) is 3.80. The summed E-state index contributed by atoms with van der Waals surface area (Å²) in [5, 5.41) is 4.70. The van der Waals surface area contributed by atoms with Gasteiger partial charge in [0.25, 0.3) is 5.56 Å². The van der Waals surface area contributed by atoms with Crippen LogP contribution in [0.1, 0.15) is 67.2 Å². The average molecular weight is 380 g/mol. The highest BCUT2D eigenvalue weighted by Gasteiger charge is 2.27. The van der Waals surface area contributed by atoms with E-state index in [-0.39, 0.29) is 5.56 Å². The summed E-state index contributed by atoms with van der Waals surface area (Å²) in [6, 6.07) is 3.89. The van der Waals surface area contributed by atoms with E-state index in [9.17, 15) is 4.79 Å². The lowest BCUT2D eigenvalue weighted by Crippen LogP contribution is -2.37. The maximum Gasteiger partial charge on any atom is 0.267 e. The van der Waals surface area contributed by atoms with Gasteiger partial charge in [-0.05, 0) is 82.0 Å². The van der Waals surface area contributed by atoms with E-state index in [0.717, 1.165) is 69.1 Å². The maximum atomic E-state index is 12.4. The maximum absolute atomic E-state index is 12.4. The summed E-state index contributed by atoms with van der Waals surface area (Å²) < 4.78 is 1.73. The standard InChI is InChI=1S/C22H29N5O/c28-21-13-18-3-1-2-4-20(18)25-27(21)14-16-8-11-26(12-9-16)15-19-7-10-23-22(24-19)17-5-6-17/h7,10,13,16-17H,1-6,8-9,11-12,14-15H2. The molecule has 148 valence electrons. The first-order valence-corrected chi connectivity index (χ1v) is 10.9. The molecule has 1 saturated heterocycles. The molecule has 0 radical (unpaired) electrons. The summed E-state index contributed by atoms with van der Waals surface area (Å²) in [5.74, 6) is 2.17. The van der Waals surface area contributed by atoms with E-state index in [4.69, 9.17) is 10.1 Å². The number of nitrogens with zero attached hydrogens (tertiary/aromatic N) is 5. The van der Waals surface area contributed by atoms with Crippen LogP contribution in [-0.2, 0) is 25.9 Å². The van der Waals surface area contributed by atoms with Gasteiger partial charge < -0.3 is 0 Å². The molecule has 1 aliphatic heterocycles. The van der Waals surface area contributed by atoms with Crippen molar-refractivity contribution in [2.24, 2.45) is 5.92 Å². The van der Waals surface area contributed by atoms with Crippen molar-refractivity contribution in [2.45, 2.75) is 70.4 Å². The van der Waals surface area contributed by atoms with Crippen molar-refractivity contribution in [3.05, 3.63) is 51.5 Å². The van der Waals surface area contributed by atoms with Crippen molar-refractivity contribution in [3.63, 3.8) is 0 Å². The highest BCUT2D eigenvalue weighted by atomic mass is 16.1. The van der Waals surface area contributed by atoms with Crippen molar-refractivity contribution >= 4 is 0 Å². The zero-order valence-electron chi connectivity index (χ0n) is 16.5. The number of piperidine rings is 1. The average Bonchev–Trinajstić information content (AvgIpc) is 3.56. The predicted octanol–water partition coefficient (Wildman–Crippen LogP) is 2.70. The summed E-state index contributed by atoms with van der Waals surface area (Å²) in [4.78, 5) is 24.1. The van der Waals surface area contributed by atoms with Gasteiger partial charge in [0.15, 0.2) is 0 Å². The van der Waals surface area contributed by atoms with Gasteiger partial charge >= 0.3 is 0 Å². The SMILES string of the molecule is O=c1cc2c(nn1CC1CCN(Cc3ccnc(C4CC4)n3)CC1)CCCC2. The Morgan fingerprint density at radius 2 is 1.89 bits per heavy atom. The minimum atomic E-state index is 0.0803. The summed E-state index contributed by atoms with van der Waals surface area (Å²) >= 11 is 0. The fourth-order valence-corrected chi connectivity index (χ4v) is 4.57. The van der Waals surface area contributed by atoms with Crippen molar-refractivity contribution in [1.29, 1.82) is 0 Å². The van der Waals surface area contributed by atoms with Crippen molar-refractivity contribution in [1.82, 2.24) is 24.6 Å². The van der Waals surface area contributed by atoms with Gasteiger partial charge in [0.05, 0.1) is 11.4 Å². The molecule has 0 N–H and O–H groups in total. The molecule has 0 spiro atoms. The van der Waals surface area contributed by atoms with Gasteiger partial charge in [-0.2, -0.15) is 5.10 Å². The van der Waals surface area contributed by atoms with Gasteiger partial charge in [-0.25, -0.2) is 14.6 Å². The first-order chi connectivity index (χ1) is 13.7. The number of aryl methyl sites for hydroxylation is 2. The highest BCUT2D eigenvalue weighted by molar-refractivity contribution is 5.20. The third-order valence-electron chi connectivity index (χ3n) is 6.47. The lowest BCUT2D eigenvalue weighted by molar-refractivity contribution is 0.161. The first-order valence-electron chi connectivity index (χ1n) is 10.9. The fraction of sp³-hybridized carbons (Fsp3) is 0.636. The molecule has 0 atom stereocenters. The minimum Gasteiger partial charge on any atom is -0.297 e. The number of likely N-dealkylation sites (tertiary alicyclic amines) is 1. The molecule has 0 unspecified atom stereocenters. The van der Waals surface area contributed by atoms with Crippen LogP contribution in [0.15, 0.2) is 23.1 Å². The lowest BCUT2D eigenvalue weighted by Gasteiger charge is -2.31. The Morgan fingerprint density at radius 1 is 1.07 bits per heavy atom. The van der Waals surface area contributed by atoms with E-state index >= 15 is 0 Å². The third kappa shape index (κ3) is 4.02. The Labute approximate surface area is 166 Å².